The number of benzene rings is 2. The second-order valence-corrected chi connectivity index (χ2v) is 4.90. The van der Waals surface area contributed by atoms with Crippen LogP contribution in [-0.2, 0) is 4.74 Å². The van der Waals surface area contributed by atoms with E-state index in [1.165, 1.54) is 12.3 Å². The van der Waals surface area contributed by atoms with Gasteiger partial charge < -0.3 is 4.74 Å². The predicted octanol–water partition coefficient (Wildman–Crippen LogP) is 3.19. The number of hydrogen-bond donors (Lipinski definition) is 1. The zero-order valence-electron chi connectivity index (χ0n) is 12.2. The van der Waals surface area contributed by atoms with Gasteiger partial charge in [-0.05, 0) is 6.07 Å². The van der Waals surface area contributed by atoms with Gasteiger partial charge in [-0.2, -0.15) is 5.10 Å². The number of rotatable bonds is 5. The van der Waals surface area contributed by atoms with Crippen LogP contribution in [0.2, 0.25) is 0 Å². The van der Waals surface area contributed by atoms with Crippen molar-refractivity contribution < 1.29 is 14.3 Å². The zero-order chi connectivity index (χ0) is 16.1. The Morgan fingerprint density at radius 3 is 2.17 bits per heavy atom. The second-order valence-electron chi connectivity index (χ2n) is 4.90. The van der Waals surface area contributed by atoms with Gasteiger partial charge in [0.25, 0.3) is 0 Å². The number of Topliss-reactive ketones (excluding diaryl/α,β-unsaturated/α-hetero) is 1. The van der Waals surface area contributed by atoms with E-state index >= 15 is 0 Å². The molecule has 1 unspecified atom stereocenters. The Morgan fingerprint density at radius 1 is 0.913 bits per heavy atom. The highest BCUT2D eigenvalue weighted by molar-refractivity contribution is 6.01. The number of H-pyrrole nitrogens is 1. The molecule has 0 aliphatic rings. The van der Waals surface area contributed by atoms with Crippen LogP contribution in [0.5, 0.6) is 0 Å². The molecule has 0 fully saturated rings. The average molecular weight is 306 g/mol. The van der Waals surface area contributed by atoms with E-state index in [1.54, 1.807) is 48.5 Å². The molecule has 0 aliphatic carbocycles. The minimum absolute atomic E-state index is 0.201. The SMILES string of the molecule is O=C(OC(C(=O)c1ccccc1)c1ccccc1)c1ccn[nH]1. The fourth-order valence-electron chi connectivity index (χ4n) is 2.19. The Bertz CT molecular complexity index is 784. The second kappa shape index (κ2) is 6.70. The van der Waals surface area contributed by atoms with Crippen molar-refractivity contribution in [3.8, 4) is 0 Å². The third-order valence-electron chi connectivity index (χ3n) is 3.34. The lowest BCUT2D eigenvalue weighted by molar-refractivity contribution is 0.0274. The van der Waals surface area contributed by atoms with Crippen LogP contribution in [0.3, 0.4) is 0 Å². The third kappa shape index (κ3) is 3.35. The van der Waals surface area contributed by atoms with Crippen LogP contribution in [0.15, 0.2) is 72.9 Å². The van der Waals surface area contributed by atoms with Gasteiger partial charge in [0.2, 0.25) is 5.78 Å². The molecule has 0 saturated heterocycles. The van der Waals surface area contributed by atoms with E-state index in [4.69, 9.17) is 4.74 Å². The molecule has 5 nitrogen and oxygen atoms in total. The maximum atomic E-state index is 12.7. The van der Waals surface area contributed by atoms with Gasteiger partial charge in [0.1, 0.15) is 5.69 Å². The van der Waals surface area contributed by atoms with Crippen LogP contribution >= 0.6 is 0 Å². The van der Waals surface area contributed by atoms with Crippen molar-refractivity contribution in [1.82, 2.24) is 10.2 Å². The molecule has 0 saturated carbocycles. The Hall–Kier alpha value is -3.21. The number of carbonyl (C=O) groups is 2. The lowest BCUT2D eigenvalue weighted by atomic mass is 10.00. The minimum atomic E-state index is -1.01. The lowest BCUT2D eigenvalue weighted by Crippen LogP contribution is -2.20. The number of nitrogens with one attached hydrogen (secondary N) is 1. The summed E-state index contributed by atoms with van der Waals surface area (Å²) in [6.07, 6.45) is 0.446. The van der Waals surface area contributed by atoms with Crippen molar-refractivity contribution in [3.63, 3.8) is 0 Å². The normalized spacial score (nSPS) is 11.7. The predicted molar refractivity (Wildman–Crippen MR) is 84.0 cm³/mol. The number of aromatic nitrogens is 2. The van der Waals surface area contributed by atoms with Crippen LogP contribution < -0.4 is 0 Å². The maximum Gasteiger partial charge on any atom is 0.357 e. The van der Waals surface area contributed by atoms with E-state index in [1.807, 2.05) is 12.1 Å². The van der Waals surface area contributed by atoms with Gasteiger partial charge in [0.05, 0.1) is 0 Å². The molecule has 2 aromatic carbocycles. The summed E-state index contributed by atoms with van der Waals surface area (Å²) < 4.78 is 5.44. The molecule has 114 valence electrons. The highest BCUT2D eigenvalue weighted by atomic mass is 16.5. The summed E-state index contributed by atoms with van der Waals surface area (Å²) >= 11 is 0. The number of esters is 1. The first kappa shape index (κ1) is 14.7. The molecule has 0 spiro atoms. The molecule has 0 amide bonds. The van der Waals surface area contributed by atoms with Gasteiger partial charge >= 0.3 is 5.97 Å². The number of aromatic amines is 1. The molecule has 1 N–H and O–H groups in total. The molecule has 0 aliphatic heterocycles. The van der Waals surface area contributed by atoms with Gasteiger partial charge in [0.15, 0.2) is 6.10 Å². The average Bonchev–Trinajstić information content (AvgIpc) is 3.15. The summed E-state index contributed by atoms with van der Waals surface area (Å²) in [5.74, 6) is -0.898. The van der Waals surface area contributed by atoms with E-state index in [0.29, 0.717) is 11.1 Å². The topological polar surface area (TPSA) is 72.1 Å². The Morgan fingerprint density at radius 2 is 1.57 bits per heavy atom. The fraction of sp³-hybridized carbons (Fsp3) is 0.0556. The molecular weight excluding hydrogens is 292 g/mol. The molecule has 1 heterocycles. The number of carbonyl (C=O) groups excluding carboxylic acids is 2. The molecule has 0 radical (unpaired) electrons. The number of ketones is 1. The van der Waals surface area contributed by atoms with Crippen molar-refractivity contribution >= 4 is 11.8 Å². The largest absolute Gasteiger partial charge is 0.444 e. The molecule has 3 aromatic rings. The number of hydrogen-bond acceptors (Lipinski definition) is 4. The Balaban J connectivity index is 1.91. The van der Waals surface area contributed by atoms with Crippen molar-refractivity contribution in [1.29, 1.82) is 0 Å². The lowest BCUT2D eigenvalue weighted by Gasteiger charge is -2.17. The molecule has 0 bridgehead atoms. The van der Waals surface area contributed by atoms with Crippen molar-refractivity contribution in [2.24, 2.45) is 0 Å². The smallest absolute Gasteiger partial charge is 0.357 e. The standard InChI is InChI=1S/C18H14N2O3/c21-16(13-7-3-1-4-8-13)17(14-9-5-2-6-10-14)23-18(22)15-11-12-19-20-15/h1-12,17H,(H,19,20). The molecule has 1 aromatic heterocycles. The van der Waals surface area contributed by atoms with Crippen LogP contribution in [0.1, 0.15) is 32.5 Å². The number of ether oxygens (including phenoxy) is 1. The van der Waals surface area contributed by atoms with Crippen LogP contribution in [0.25, 0.3) is 0 Å². The number of nitrogens with zero attached hydrogens (tertiary/aromatic N) is 1. The van der Waals surface area contributed by atoms with Gasteiger partial charge in [-0.15, -0.1) is 0 Å². The highest BCUT2D eigenvalue weighted by Crippen LogP contribution is 2.23. The van der Waals surface area contributed by atoms with Gasteiger partial charge in [-0.1, -0.05) is 60.7 Å². The first-order valence-electron chi connectivity index (χ1n) is 7.10. The van der Waals surface area contributed by atoms with Crippen molar-refractivity contribution in [2.75, 3.05) is 0 Å². The zero-order valence-corrected chi connectivity index (χ0v) is 12.2. The van der Waals surface area contributed by atoms with E-state index < -0.39 is 12.1 Å². The van der Waals surface area contributed by atoms with Crippen molar-refractivity contribution in [2.45, 2.75) is 6.10 Å². The summed E-state index contributed by atoms with van der Waals surface area (Å²) in [6.45, 7) is 0. The summed E-state index contributed by atoms with van der Waals surface area (Å²) in [5.41, 5.74) is 1.31. The molecule has 5 heteroatoms. The third-order valence-corrected chi connectivity index (χ3v) is 3.34. The Labute approximate surface area is 132 Å². The summed E-state index contributed by atoms with van der Waals surface area (Å²) in [7, 11) is 0. The molecule has 1 atom stereocenters. The minimum Gasteiger partial charge on any atom is -0.444 e. The van der Waals surface area contributed by atoms with Crippen LogP contribution in [0, 0.1) is 0 Å². The quantitative estimate of drug-likeness (QED) is 0.580. The molecular formula is C18H14N2O3. The van der Waals surface area contributed by atoms with Gasteiger partial charge in [-0.3, -0.25) is 9.89 Å². The molecule has 23 heavy (non-hydrogen) atoms. The van der Waals surface area contributed by atoms with Crippen LogP contribution in [-0.4, -0.2) is 21.9 Å². The summed E-state index contributed by atoms with van der Waals surface area (Å²) in [4.78, 5) is 24.9. The van der Waals surface area contributed by atoms with Crippen molar-refractivity contribution in [3.05, 3.63) is 89.7 Å². The van der Waals surface area contributed by atoms with Gasteiger partial charge in [-0.25, -0.2) is 4.79 Å². The highest BCUT2D eigenvalue weighted by Gasteiger charge is 2.26. The molecule has 3 rings (SSSR count). The summed E-state index contributed by atoms with van der Waals surface area (Å²) in [6, 6.07) is 19.2. The fourth-order valence-corrected chi connectivity index (χ4v) is 2.19. The monoisotopic (exact) mass is 306 g/mol. The maximum absolute atomic E-state index is 12.7. The van der Waals surface area contributed by atoms with E-state index in [0.717, 1.165) is 0 Å². The van der Waals surface area contributed by atoms with E-state index in [-0.39, 0.29) is 11.5 Å². The first-order valence-corrected chi connectivity index (χ1v) is 7.10. The van der Waals surface area contributed by atoms with Crippen LogP contribution in [0.4, 0.5) is 0 Å². The van der Waals surface area contributed by atoms with E-state index in [9.17, 15) is 9.59 Å². The van der Waals surface area contributed by atoms with Gasteiger partial charge in [0, 0.05) is 17.3 Å². The first-order chi connectivity index (χ1) is 11.3. The summed E-state index contributed by atoms with van der Waals surface area (Å²) in [5, 5.41) is 6.25. The van der Waals surface area contributed by atoms with E-state index in [2.05, 4.69) is 10.2 Å². The Kier molecular flexibility index (Phi) is 4.29.